The number of furan rings is 1. The summed E-state index contributed by atoms with van der Waals surface area (Å²) in [5.74, 6) is -3.32. The van der Waals surface area contributed by atoms with Crippen molar-refractivity contribution in [1.82, 2.24) is 0 Å². The van der Waals surface area contributed by atoms with Crippen LogP contribution >= 0.6 is 11.8 Å². The summed E-state index contributed by atoms with van der Waals surface area (Å²) >= 11 is 1.07. The van der Waals surface area contributed by atoms with Gasteiger partial charge < -0.3 is 14.9 Å². The van der Waals surface area contributed by atoms with E-state index in [9.17, 15) is 27.6 Å². The topological polar surface area (TPSA) is 99.6 Å². The van der Waals surface area contributed by atoms with Crippen molar-refractivity contribution in [3.8, 4) is 0 Å². The number of esters is 2. The Morgan fingerprint density at radius 1 is 1.43 bits per heavy atom. The fraction of sp³-hybridized carbons (Fsp3) is 0.364. The molecule has 0 aromatic carbocycles. The number of thioether (sulfide) groups is 1. The van der Waals surface area contributed by atoms with E-state index in [1.165, 1.54) is 12.1 Å². The summed E-state index contributed by atoms with van der Waals surface area (Å²) in [6.07, 6.45) is -4.73. The minimum Gasteiger partial charge on any atom is -0.457 e. The Labute approximate surface area is 120 Å². The van der Waals surface area contributed by atoms with E-state index in [0.29, 0.717) is 12.0 Å². The number of ether oxygens (including phenoxy) is 1. The summed E-state index contributed by atoms with van der Waals surface area (Å²) in [4.78, 5) is 31.9. The second-order valence-corrected chi connectivity index (χ2v) is 4.78. The molecular weight excluding hydrogens is 315 g/mol. The quantitative estimate of drug-likeness (QED) is 0.478. The molecule has 0 bridgehead atoms. The lowest BCUT2D eigenvalue weighted by Gasteiger charge is -2.10. The zero-order chi connectivity index (χ0) is 16.0. The van der Waals surface area contributed by atoms with Crippen molar-refractivity contribution >= 4 is 30.0 Å². The van der Waals surface area contributed by atoms with E-state index in [-0.39, 0.29) is 17.3 Å². The standard InChI is InChI=1S/C11H10F3NO5S/c12-11(13,14)10(18)20-9(17)8(15)5-21-4-7-2-1-6(3-16)19-7/h1-3,8H,4-5,15H2. The fourth-order valence-corrected chi connectivity index (χ4v) is 1.98. The molecule has 0 amide bonds. The van der Waals surface area contributed by atoms with Crippen LogP contribution in [-0.2, 0) is 20.1 Å². The summed E-state index contributed by atoms with van der Waals surface area (Å²) in [5, 5.41) is 0. The van der Waals surface area contributed by atoms with E-state index in [0.717, 1.165) is 11.8 Å². The van der Waals surface area contributed by atoms with E-state index in [4.69, 9.17) is 10.2 Å². The summed E-state index contributed by atoms with van der Waals surface area (Å²) < 4.78 is 44.2. The van der Waals surface area contributed by atoms with Crippen LogP contribution in [0.4, 0.5) is 13.2 Å². The van der Waals surface area contributed by atoms with E-state index in [2.05, 4.69) is 4.74 Å². The zero-order valence-corrected chi connectivity index (χ0v) is 11.2. The van der Waals surface area contributed by atoms with Gasteiger partial charge in [-0.2, -0.15) is 24.9 Å². The minimum absolute atomic E-state index is 0.0822. The summed E-state index contributed by atoms with van der Waals surface area (Å²) in [7, 11) is 0. The Bertz CT molecular complexity index is 528. The van der Waals surface area contributed by atoms with Crippen molar-refractivity contribution in [2.45, 2.75) is 18.0 Å². The Morgan fingerprint density at radius 2 is 2.10 bits per heavy atom. The molecule has 10 heteroatoms. The molecule has 0 aliphatic rings. The highest BCUT2D eigenvalue weighted by Gasteiger charge is 2.43. The van der Waals surface area contributed by atoms with Gasteiger partial charge in [-0.25, -0.2) is 9.59 Å². The van der Waals surface area contributed by atoms with E-state index in [1.807, 2.05) is 0 Å². The van der Waals surface area contributed by atoms with Crippen LogP contribution in [0.25, 0.3) is 0 Å². The van der Waals surface area contributed by atoms with Gasteiger partial charge in [0, 0.05) is 5.75 Å². The van der Waals surface area contributed by atoms with Crippen LogP contribution in [0.15, 0.2) is 16.5 Å². The molecule has 116 valence electrons. The smallest absolute Gasteiger partial charge is 0.457 e. The van der Waals surface area contributed by atoms with E-state index >= 15 is 0 Å². The van der Waals surface area contributed by atoms with Gasteiger partial charge in [0.2, 0.25) is 0 Å². The Morgan fingerprint density at radius 3 is 2.62 bits per heavy atom. The van der Waals surface area contributed by atoms with Crippen molar-refractivity contribution < 1.29 is 36.7 Å². The predicted octanol–water partition coefficient (Wildman–Crippen LogP) is 1.28. The largest absolute Gasteiger partial charge is 0.491 e. The Kier molecular flexibility index (Phi) is 5.97. The Balaban J connectivity index is 2.36. The molecule has 0 aliphatic heterocycles. The summed E-state index contributed by atoms with van der Waals surface area (Å²) in [6, 6.07) is 1.59. The molecule has 0 radical (unpaired) electrons. The van der Waals surface area contributed by atoms with Crippen LogP contribution in [-0.4, -0.2) is 36.2 Å². The molecule has 0 saturated carbocycles. The van der Waals surface area contributed by atoms with E-state index < -0.39 is 24.2 Å². The first-order valence-electron chi connectivity index (χ1n) is 5.44. The maximum absolute atomic E-state index is 11.9. The lowest BCUT2D eigenvalue weighted by molar-refractivity contribution is -0.202. The third-order valence-corrected chi connectivity index (χ3v) is 3.15. The first-order chi connectivity index (χ1) is 9.74. The lowest BCUT2D eigenvalue weighted by Crippen LogP contribution is -2.39. The molecule has 1 aromatic rings. The first kappa shape index (κ1) is 17.2. The molecule has 0 saturated heterocycles. The molecule has 2 N–H and O–H groups in total. The highest BCUT2D eigenvalue weighted by Crippen LogP contribution is 2.18. The normalized spacial score (nSPS) is 12.8. The average Bonchev–Trinajstić information content (AvgIpc) is 2.85. The van der Waals surface area contributed by atoms with Gasteiger partial charge in [0.05, 0.1) is 5.75 Å². The number of halogens is 3. The zero-order valence-electron chi connectivity index (χ0n) is 10.4. The van der Waals surface area contributed by atoms with Gasteiger partial charge in [0.15, 0.2) is 12.0 Å². The van der Waals surface area contributed by atoms with Gasteiger partial charge in [-0.1, -0.05) is 0 Å². The number of carbonyl (C=O) groups is 3. The predicted molar refractivity (Wildman–Crippen MR) is 65.4 cm³/mol. The SMILES string of the molecule is NC(CSCc1ccc(C=O)o1)C(=O)OC(=O)C(F)(F)F. The number of alkyl halides is 3. The molecular formula is C11H10F3NO5S. The van der Waals surface area contributed by atoms with Gasteiger partial charge in [-0.3, -0.25) is 4.79 Å². The number of aldehydes is 1. The summed E-state index contributed by atoms with van der Waals surface area (Å²) in [5.41, 5.74) is 5.30. The molecule has 1 heterocycles. The molecule has 6 nitrogen and oxygen atoms in total. The number of hydrogen-bond acceptors (Lipinski definition) is 7. The number of nitrogens with two attached hydrogens (primary N) is 1. The highest BCUT2D eigenvalue weighted by molar-refractivity contribution is 7.98. The number of carbonyl (C=O) groups excluding carboxylic acids is 3. The number of rotatable bonds is 6. The van der Waals surface area contributed by atoms with Crippen molar-refractivity contribution in [1.29, 1.82) is 0 Å². The van der Waals surface area contributed by atoms with E-state index in [1.54, 1.807) is 0 Å². The van der Waals surface area contributed by atoms with Crippen molar-refractivity contribution in [3.63, 3.8) is 0 Å². The Hall–Kier alpha value is -1.81. The van der Waals surface area contributed by atoms with Crippen LogP contribution < -0.4 is 5.73 Å². The molecule has 21 heavy (non-hydrogen) atoms. The van der Waals surface area contributed by atoms with Gasteiger partial charge in [0.1, 0.15) is 11.8 Å². The average molecular weight is 325 g/mol. The monoisotopic (exact) mass is 325 g/mol. The first-order valence-corrected chi connectivity index (χ1v) is 6.59. The fourth-order valence-electron chi connectivity index (χ4n) is 1.11. The highest BCUT2D eigenvalue weighted by atomic mass is 32.2. The maximum Gasteiger partial charge on any atom is 0.491 e. The molecule has 1 aromatic heterocycles. The molecule has 0 fully saturated rings. The lowest BCUT2D eigenvalue weighted by atomic mass is 10.4. The van der Waals surface area contributed by atoms with Crippen LogP contribution in [0.3, 0.4) is 0 Å². The van der Waals surface area contributed by atoms with Gasteiger partial charge >= 0.3 is 18.1 Å². The third-order valence-electron chi connectivity index (χ3n) is 2.07. The third kappa shape index (κ3) is 5.60. The van der Waals surface area contributed by atoms with Gasteiger partial charge in [-0.05, 0) is 12.1 Å². The van der Waals surface area contributed by atoms with Crippen LogP contribution in [0, 0.1) is 0 Å². The molecule has 0 aliphatic carbocycles. The van der Waals surface area contributed by atoms with Crippen molar-refractivity contribution in [3.05, 3.63) is 23.7 Å². The molecule has 1 rings (SSSR count). The molecule has 0 spiro atoms. The van der Waals surface area contributed by atoms with Crippen molar-refractivity contribution in [2.75, 3.05) is 5.75 Å². The second-order valence-electron chi connectivity index (χ2n) is 3.75. The maximum atomic E-state index is 11.9. The number of hydrogen-bond donors (Lipinski definition) is 1. The van der Waals surface area contributed by atoms with Crippen LogP contribution in [0.1, 0.15) is 16.3 Å². The van der Waals surface area contributed by atoms with Gasteiger partial charge in [-0.15, -0.1) is 0 Å². The summed E-state index contributed by atoms with van der Waals surface area (Å²) in [6.45, 7) is 0. The van der Waals surface area contributed by atoms with Gasteiger partial charge in [0.25, 0.3) is 0 Å². The van der Waals surface area contributed by atoms with Crippen molar-refractivity contribution in [2.24, 2.45) is 5.73 Å². The van der Waals surface area contributed by atoms with Crippen LogP contribution in [0.2, 0.25) is 0 Å². The minimum atomic E-state index is -5.25. The molecule has 1 unspecified atom stereocenters. The molecule has 1 atom stereocenters. The van der Waals surface area contributed by atoms with Crippen LogP contribution in [0.5, 0.6) is 0 Å². The second kappa shape index (κ2) is 7.27.